The fraction of sp³-hybridized carbons (Fsp3) is 0.556. The van der Waals surface area contributed by atoms with Crippen LogP contribution in [0, 0.1) is 12.8 Å². The van der Waals surface area contributed by atoms with Crippen molar-refractivity contribution in [3.8, 4) is 5.82 Å². The van der Waals surface area contributed by atoms with E-state index in [4.69, 9.17) is 5.73 Å². The zero-order chi connectivity index (χ0) is 17.8. The summed E-state index contributed by atoms with van der Waals surface area (Å²) < 4.78 is 1.79. The third-order valence-corrected chi connectivity index (χ3v) is 4.81. The van der Waals surface area contributed by atoms with E-state index < -0.39 is 0 Å². The molecule has 3 N–H and O–H groups in total. The van der Waals surface area contributed by atoms with Crippen LogP contribution in [0.1, 0.15) is 51.1 Å². The van der Waals surface area contributed by atoms with Gasteiger partial charge in [0.25, 0.3) is 0 Å². The van der Waals surface area contributed by atoms with Crippen molar-refractivity contribution >= 4 is 17.5 Å². The van der Waals surface area contributed by atoms with Crippen LogP contribution in [0.15, 0.2) is 18.6 Å². The number of imidazole rings is 1. The molecule has 1 saturated carbocycles. The Balaban J connectivity index is 1.77. The molecule has 0 radical (unpaired) electrons. The molecule has 7 nitrogen and oxygen atoms in total. The van der Waals surface area contributed by atoms with Crippen LogP contribution in [0.5, 0.6) is 0 Å². The summed E-state index contributed by atoms with van der Waals surface area (Å²) in [7, 11) is 0. The number of hydrogen-bond donors (Lipinski definition) is 2. The molecule has 2 aromatic rings. The zero-order valence-corrected chi connectivity index (χ0v) is 14.9. The maximum atomic E-state index is 12.1. The molecule has 7 heteroatoms. The highest BCUT2D eigenvalue weighted by Gasteiger charge is 2.22. The minimum atomic E-state index is -0.241. The smallest absolute Gasteiger partial charge is 0.223 e. The number of Topliss-reactive ketones (excluding diaryl/α,β-unsaturated/α-hetero) is 1. The maximum Gasteiger partial charge on any atom is 0.223 e. The summed E-state index contributed by atoms with van der Waals surface area (Å²) in [6.07, 6.45) is 10.7. The topological polar surface area (TPSA) is 98.7 Å². The number of carbonyl (C=O) groups is 1. The molecule has 0 unspecified atom stereocenters. The number of nitrogens with one attached hydrogen (secondary N) is 1. The Morgan fingerprint density at radius 1 is 1.36 bits per heavy atom. The van der Waals surface area contributed by atoms with Crippen LogP contribution in [-0.2, 0) is 4.79 Å². The van der Waals surface area contributed by atoms with Gasteiger partial charge in [-0.3, -0.25) is 9.36 Å². The molecule has 1 aliphatic rings. The summed E-state index contributed by atoms with van der Waals surface area (Å²) in [5.41, 5.74) is 6.75. The lowest BCUT2D eigenvalue weighted by atomic mass is 9.84. The van der Waals surface area contributed by atoms with Gasteiger partial charge in [-0.15, -0.1) is 0 Å². The summed E-state index contributed by atoms with van der Waals surface area (Å²) in [5.74, 6) is 2.11. The number of nitrogens with zero attached hydrogens (tertiary/aromatic N) is 4. The third kappa shape index (κ3) is 4.55. The van der Waals surface area contributed by atoms with Crippen molar-refractivity contribution in [3.63, 3.8) is 0 Å². The molecule has 1 atom stereocenters. The predicted octanol–water partition coefficient (Wildman–Crippen LogP) is 2.89. The molecule has 1 fully saturated rings. The first-order valence-electron chi connectivity index (χ1n) is 8.94. The molecule has 25 heavy (non-hydrogen) atoms. The van der Waals surface area contributed by atoms with Crippen molar-refractivity contribution in [1.82, 2.24) is 19.5 Å². The first-order valence-corrected chi connectivity index (χ1v) is 8.94. The number of rotatable bonds is 6. The lowest BCUT2D eigenvalue weighted by Crippen LogP contribution is -2.31. The number of nitrogens with two attached hydrogens (primary N) is 1. The fourth-order valence-electron chi connectivity index (χ4n) is 3.47. The van der Waals surface area contributed by atoms with E-state index in [1.165, 1.54) is 32.1 Å². The van der Waals surface area contributed by atoms with Crippen molar-refractivity contribution in [2.24, 2.45) is 5.92 Å². The monoisotopic (exact) mass is 342 g/mol. The van der Waals surface area contributed by atoms with Gasteiger partial charge in [0.1, 0.15) is 18.0 Å². The van der Waals surface area contributed by atoms with Gasteiger partial charge in [-0.2, -0.15) is 9.97 Å². The van der Waals surface area contributed by atoms with E-state index in [1.54, 1.807) is 23.9 Å². The van der Waals surface area contributed by atoms with Crippen LogP contribution in [0.4, 0.5) is 11.8 Å². The molecule has 2 aromatic heterocycles. The highest BCUT2D eigenvalue weighted by atomic mass is 16.1. The van der Waals surface area contributed by atoms with E-state index in [2.05, 4.69) is 20.3 Å². The molecule has 0 saturated heterocycles. The molecular formula is C18H26N6O. The number of nitrogen functional groups attached to an aromatic ring is 1. The first kappa shape index (κ1) is 17.4. The highest BCUT2D eigenvalue weighted by Crippen LogP contribution is 2.28. The van der Waals surface area contributed by atoms with E-state index in [0.29, 0.717) is 17.6 Å². The number of aromatic nitrogens is 4. The van der Waals surface area contributed by atoms with Gasteiger partial charge in [-0.25, -0.2) is 4.98 Å². The second kappa shape index (κ2) is 7.63. The van der Waals surface area contributed by atoms with E-state index in [9.17, 15) is 4.79 Å². The van der Waals surface area contributed by atoms with Crippen molar-refractivity contribution < 1.29 is 4.79 Å². The first-order chi connectivity index (χ1) is 12.0. The molecule has 3 rings (SSSR count). The van der Waals surface area contributed by atoms with Gasteiger partial charge in [0, 0.05) is 12.3 Å². The van der Waals surface area contributed by atoms with Gasteiger partial charge in [0.05, 0.1) is 11.7 Å². The van der Waals surface area contributed by atoms with Crippen LogP contribution in [0.3, 0.4) is 0 Å². The number of hydrogen-bond acceptors (Lipinski definition) is 6. The second-order valence-corrected chi connectivity index (χ2v) is 6.94. The predicted molar refractivity (Wildman–Crippen MR) is 97.6 cm³/mol. The molecule has 0 amide bonds. The summed E-state index contributed by atoms with van der Waals surface area (Å²) in [5, 5.41) is 3.27. The van der Waals surface area contributed by atoms with Crippen molar-refractivity contribution in [1.29, 1.82) is 0 Å². The summed E-state index contributed by atoms with van der Waals surface area (Å²) >= 11 is 0. The Morgan fingerprint density at radius 2 is 2.12 bits per heavy atom. The lowest BCUT2D eigenvalue weighted by molar-refractivity contribution is -0.118. The standard InChI is InChI=1S/C18H26N6O/c1-12-10-24(11-20-12)17-9-16(22-18(19)23-17)21-15(13(2)25)8-14-6-4-3-5-7-14/h9-11,14-15H,3-8H2,1-2H3,(H3,19,21,22,23)/t15-/m1/s1. The maximum absolute atomic E-state index is 12.1. The quantitative estimate of drug-likeness (QED) is 0.837. The van der Waals surface area contributed by atoms with Crippen LogP contribution >= 0.6 is 0 Å². The largest absolute Gasteiger partial charge is 0.368 e. The Morgan fingerprint density at radius 3 is 2.76 bits per heavy atom. The third-order valence-electron chi connectivity index (χ3n) is 4.81. The highest BCUT2D eigenvalue weighted by molar-refractivity contribution is 5.84. The Labute approximate surface area is 148 Å². The number of anilines is 2. The van der Waals surface area contributed by atoms with Gasteiger partial charge in [-0.1, -0.05) is 32.1 Å². The van der Waals surface area contributed by atoms with Crippen LogP contribution in [-0.4, -0.2) is 31.3 Å². The van der Waals surface area contributed by atoms with Crippen molar-refractivity contribution in [3.05, 3.63) is 24.3 Å². The number of carbonyl (C=O) groups excluding carboxylic acids is 1. The Kier molecular flexibility index (Phi) is 5.31. The van der Waals surface area contributed by atoms with E-state index >= 15 is 0 Å². The molecule has 2 heterocycles. The molecule has 0 aromatic carbocycles. The van der Waals surface area contributed by atoms with Crippen LogP contribution < -0.4 is 11.1 Å². The molecule has 0 bridgehead atoms. The molecule has 0 spiro atoms. The SMILES string of the molecule is CC(=O)[C@@H](CC1CCCCC1)Nc1cc(-n2cnc(C)c2)nc(N)n1. The average molecular weight is 342 g/mol. The Bertz CT molecular complexity index is 735. The van der Waals surface area contributed by atoms with Crippen molar-refractivity contribution in [2.45, 2.75) is 58.4 Å². The number of aryl methyl sites for hydroxylation is 1. The minimum Gasteiger partial charge on any atom is -0.368 e. The van der Waals surface area contributed by atoms with Crippen LogP contribution in [0.2, 0.25) is 0 Å². The lowest BCUT2D eigenvalue weighted by Gasteiger charge is -2.26. The van der Waals surface area contributed by atoms with Gasteiger partial charge < -0.3 is 11.1 Å². The molecular weight excluding hydrogens is 316 g/mol. The van der Waals surface area contributed by atoms with Gasteiger partial charge in [0.15, 0.2) is 5.78 Å². The van der Waals surface area contributed by atoms with E-state index in [-0.39, 0.29) is 17.8 Å². The Hall–Kier alpha value is -2.44. The fourth-order valence-corrected chi connectivity index (χ4v) is 3.47. The average Bonchev–Trinajstić information content (AvgIpc) is 3.01. The summed E-state index contributed by atoms with van der Waals surface area (Å²) in [6.45, 7) is 3.54. The summed E-state index contributed by atoms with van der Waals surface area (Å²) in [6, 6.07) is 1.56. The van der Waals surface area contributed by atoms with Crippen LogP contribution in [0.25, 0.3) is 5.82 Å². The minimum absolute atomic E-state index is 0.128. The van der Waals surface area contributed by atoms with E-state index in [0.717, 1.165) is 12.1 Å². The van der Waals surface area contributed by atoms with Gasteiger partial charge in [0.2, 0.25) is 5.95 Å². The summed E-state index contributed by atoms with van der Waals surface area (Å²) in [4.78, 5) is 24.8. The van der Waals surface area contributed by atoms with Gasteiger partial charge in [-0.05, 0) is 26.2 Å². The molecule has 1 aliphatic carbocycles. The normalized spacial score (nSPS) is 16.6. The van der Waals surface area contributed by atoms with Crippen molar-refractivity contribution in [2.75, 3.05) is 11.1 Å². The second-order valence-electron chi connectivity index (χ2n) is 6.94. The van der Waals surface area contributed by atoms with E-state index in [1.807, 2.05) is 13.1 Å². The zero-order valence-electron chi connectivity index (χ0n) is 14.9. The molecule has 134 valence electrons. The van der Waals surface area contributed by atoms with Gasteiger partial charge >= 0.3 is 0 Å². The number of ketones is 1. The molecule has 0 aliphatic heterocycles.